The van der Waals surface area contributed by atoms with Crippen molar-refractivity contribution in [2.24, 2.45) is 0 Å². The van der Waals surface area contributed by atoms with E-state index >= 15 is 0 Å². The fraction of sp³-hybridized carbons (Fsp3) is 0.143. The van der Waals surface area contributed by atoms with Gasteiger partial charge in [-0.05, 0) is 6.07 Å². The van der Waals surface area contributed by atoms with Crippen molar-refractivity contribution in [2.45, 2.75) is 6.43 Å². The zero-order valence-electron chi connectivity index (χ0n) is 5.96. The second-order valence-electron chi connectivity index (χ2n) is 2.11. The number of hydrogen-bond acceptors (Lipinski definition) is 3. The molecule has 0 atom stereocenters. The fourth-order valence-corrected chi connectivity index (χ4v) is 0.755. The Balaban J connectivity index is 3.23. The Morgan fingerprint density at radius 1 is 1.58 bits per heavy atom. The number of hydrogen-bond donors (Lipinski definition) is 1. The zero-order chi connectivity index (χ0) is 9.14. The fourth-order valence-electron chi connectivity index (χ4n) is 0.755. The quantitative estimate of drug-likeness (QED) is 0.692. The summed E-state index contributed by atoms with van der Waals surface area (Å²) in [4.78, 5) is 3.35. The summed E-state index contributed by atoms with van der Waals surface area (Å²) < 4.78 is 24.2. The van der Waals surface area contributed by atoms with Gasteiger partial charge in [0.1, 0.15) is 11.8 Å². The number of alkyl halides is 2. The molecule has 1 heterocycles. The van der Waals surface area contributed by atoms with Crippen molar-refractivity contribution in [3.8, 4) is 6.07 Å². The molecular weight excluding hydrogens is 164 g/mol. The van der Waals surface area contributed by atoms with Gasteiger partial charge >= 0.3 is 0 Å². The molecule has 0 spiro atoms. The van der Waals surface area contributed by atoms with Gasteiger partial charge in [-0.1, -0.05) is 0 Å². The maximum atomic E-state index is 12.1. The van der Waals surface area contributed by atoms with Gasteiger partial charge in [-0.2, -0.15) is 5.26 Å². The minimum atomic E-state index is -2.74. The maximum absolute atomic E-state index is 12.1. The third-order valence-electron chi connectivity index (χ3n) is 1.27. The largest absolute Gasteiger partial charge is 0.397 e. The molecule has 12 heavy (non-hydrogen) atoms. The number of rotatable bonds is 1. The van der Waals surface area contributed by atoms with E-state index in [1.54, 1.807) is 6.07 Å². The van der Waals surface area contributed by atoms with Crippen LogP contribution in [0, 0.1) is 11.3 Å². The first-order chi connectivity index (χ1) is 5.65. The third kappa shape index (κ3) is 1.48. The molecule has 0 bridgehead atoms. The number of halogens is 2. The maximum Gasteiger partial charge on any atom is 0.281 e. The summed E-state index contributed by atoms with van der Waals surface area (Å²) >= 11 is 0. The highest BCUT2D eigenvalue weighted by Crippen LogP contribution is 2.20. The third-order valence-corrected chi connectivity index (χ3v) is 1.27. The summed E-state index contributed by atoms with van der Waals surface area (Å²) in [7, 11) is 0. The van der Waals surface area contributed by atoms with Crippen molar-refractivity contribution in [1.82, 2.24) is 4.98 Å². The van der Waals surface area contributed by atoms with Crippen molar-refractivity contribution in [1.29, 1.82) is 5.26 Å². The molecule has 0 amide bonds. The number of nitriles is 1. The lowest BCUT2D eigenvalue weighted by molar-refractivity contribution is 0.146. The molecule has 62 valence electrons. The minimum absolute atomic E-state index is 0.176. The molecule has 0 fully saturated rings. The van der Waals surface area contributed by atoms with E-state index in [1.165, 1.54) is 6.07 Å². The predicted octanol–water partition coefficient (Wildman–Crippen LogP) is 1.47. The minimum Gasteiger partial charge on any atom is -0.397 e. The van der Waals surface area contributed by atoms with Crippen LogP contribution >= 0.6 is 0 Å². The number of anilines is 1. The number of aromatic nitrogens is 1. The van der Waals surface area contributed by atoms with Crippen molar-refractivity contribution in [3.05, 3.63) is 23.5 Å². The van der Waals surface area contributed by atoms with Crippen LogP contribution in [-0.4, -0.2) is 4.98 Å². The van der Waals surface area contributed by atoms with Crippen molar-refractivity contribution in [3.63, 3.8) is 0 Å². The lowest BCUT2D eigenvalue weighted by Gasteiger charge is -2.00. The van der Waals surface area contributed by atoms with Crippen LogP contribution in [-0.2, 0) is 0 Å². The second-order valence-corrected chi connectivity index (χ2v) is 2.11. The Hall–Kier alpha value is -1.70. The van der Waals surface area contributed by atoms with E-state index in [9.17, 15) is 8.78 Å². The Labute approximate surface area is 67.4 Å². The van der Waals surface area contributed by atoms with E-state index in [1.807, 2.05) is 0 Å². The normalized spacial score (nSPS) is 9.83. The van der Waals surface area contributed by atoms with E-state index in [0.717, 1.165) is 6.20 Å². The van der Waals surface area contributed by atoms with Gasteiger partial charge in [0.25, 0.3) is 6.43 Å². The topological polar surface area (TPSA) is 62.7 Å². The van der Waals surface area contributed by atoms with Crippen LogP contribution in [0.5, 0.6) is 0 Å². The first kappa shape index (κ1) is 8.40. The highest BCUT2D eigenvalue weighted by atomic mass is 19.3. The van der Waals surface area contributed by atoms with Gasteiger partial charge in [-0.15, -0.1) is 0 Å². The smallest absolute Gasteiger partial charge is 0.281 e. The molecule has 5 heteroatoms. The molecule has 0 aliphatic heterocycles. The molecule has 0 aliphatic carbocycles. The molecule has 1 aromatic rings. The lowest BCUT2D eigenvalue weighted by atomic mass is 10.2. The first-order valence-electron chi connectivity index (χ1n) is 3.09. The molecule has 1 aromatic heterocycles. The zero-order valence-corrected chi connectivity index (χ0v) is 5.96. The standard InChI is InChI=1S/C7H5F2N3/c8-7(9)6-4(2-10)1-5(11)3-12-6/h1,3,7H,11H2. The molecule has 0 unspecified atom stereocenters. The monoisotopic (exact) mass is 169 g/mol. The Bertz CT molecular complexity index is 330. The van der Waals surface area contributed by atoms with Crippen LogP contribution in [0.15, 0.2) is 12.3 Å². The van der Waals surface area contributed by atoms with Crippen molar-refractivity contribution < 1.29 is 8.78 Å². The van der Waals surface area contributed by atoms with Gasteiger partial charge in [-0.25, -0.2) is 8.78 Å². The molecule has 3 nitrogen and oxygen atoms in total. The highest BCUT2D eigenvalue weighted by molar-refractivity contribution is 5.45. The van der Waals surface area contributed by atoms with Crippen LogP contribution in [0.3, 0.4) is 0 Å². The van der Waals surface area contributed by atoms with Gasteiger partial charge in [0.2, 0.25) is 0 Å². The Morgan fingerprint density at radius 3 is 2.75 bits per heavy atom. The van der Waals surface area contributed by atoms with Crippen molar-refractivity contribution in [2.75, 3.05) is 5.73 Å². The molecular formula is C7H5F2N3. The molecule has 0 aromatic carbocycles. The van der Waals surface area contributed by atoms with Crippen LogP contribution in [0.25, 0.3) is 0 Å². The van der Waals surface area contributed by atoms with E-state index in [4.69, 9.17) is 11.0 Å². The Kier molecular flexibility index (Phi) is 2.19. The number of nitrogen functional groups attached to an aromatic ring is 1. The number of pyridine rings is 1. The average Bonchev–Trinajstić information content (AvgIpc) is 2.03. The van der Waals surface area contributed by atoms with Gasteiger partial charge in [0, 0.05) is 0 Å². The van der Waals surface area contributed by atoms with Crippen LogP contribution in [0.2, 0.25) is 0 Å². The van der Waals surface area contributed by atoms with E-state index in [0.29, 0.717) is 0 Å². The van der Waals surface area contributed by atoms with E-state index in [-0.39, 0.29) is 11.3 Å². The molecule has 0 saturated carbocycles. The van der Waals surface area contributed by atoms with Crippen LogP contribution < -0.4 is 5.73 Å². The lowest BCUT2D eigenvalue weighted by Crippen LogP contribution is -1.97. The summed E-state index contributed by atoms with van der Waals surface area (Å²) in [5.41, 5.74) is 4.75. The molecule has 0 saturated heterocycles. The highest BCUT2D eigenvalue weighted by Gasteiger charge is 2.14. The number of nitrogens with zero attached hydrogens (tertiary/aromatic N) is 2. The SMILES string of the molecule is N#Cc1cc(N)cnc1C(F)F. The molecule has 1 rings (SSSR count). The van der Waals surface area contributed by atoms with E-state index in [2.05, 4.69) is 4.98 Å². The number of nitrogens with two attached hydrogens (primary N) is 1. The summed E-state index contributed by atoms with van der Waals surface area (Å²) in [5, 5.41) is 8.41. The summed E-state index contributed by atoms with van der Waals surface area (Å²) in [6.07, 6.45) is -1.64. The van der Waals surface area contributed by atoms with Gasteiger partial charge in [-0.3, -0.25) is 4.98 Å². The van der Waals surface area contributed by atoms with Crippen LogP contribution in [0.4, 0.5) is 14.5 Å². The van der Waals surface area contributed by atoms with Gasteiger partial charge in [0.15, 0.2) is 0 Å². The van der Waals surface area contributed by atoms with Gasteiger partial charge < -0.3 is 5.73 Å². The average molecular weight is 169 g/mol. The van der Waals surface area contributed by atoms with E-state index < -0.39 is 12.1 Å². The molecule has 0 aliphatic rings. The van der Waals surface area contributed by atoms with Gasteiger partial charge in [0.05, 0.1) is 17.4 Å². The first-order valence-corrected chi connectivity index (χ1v) is 3.09. The van der Waals surface area contributed by atoms with Crippen LogP contribution in [0.1, 0.15) is 17.7 Å². The molecule has 0 radical (unpaired) electrons. The predicted molar refractivity (Wildman–Crippen MR) is 38.3 cm³/mol. The summed E-state index contributed by atoms with van der Waals surface area (Å²) in [5.74, 6) is 0. The molecule has 2 N–H and O–H groups in total. The summed E-state index contributed by atoms with van der Waals surface area (Å²) in [6, 6.07) is 2.77. The Morgan fingerprint density at radius 2 is 2.25 bits per heavy atom. The van der Waals surface area contributed by atoms with Crippen molar-refractivity contribution >= 4 is 5.69 Å². The second kappa shape index (κ2) is 3.13. The summed E-state index contributed by atoms with van der Waals surface area (Å²) in [6.45, 7) is 0.